The normalized spacial score (nSPS) is 13.0. The summed E-state index contributed by atoms with van der Waals surface area (Å²) in [4.78, 5) is 7.12. The van der Waals surface area contributed by atoms with Gasteiger partial charge < -0.3 is 9.66 Å². The van der Waals surface area contributed by atoms with Gasteiger partial charge in [0.2, 0.25) is 5.28 Å². The Kier molecular flexibility index (Phi) is 6.19. The molecule has 0 aliphatic heterocycles. The Morgan fingerprint density at radius 2 is 1.93 bits per heavy atom. The van der Waals surface area contributed by atoms with Crippen molar-refractivity contribution in [2.75, 3.05) is 0 Å². The zero-order chi connectivity index (χ0) is 10.8. The molecule has 1 rings (SSSR count). The summed E-state index contributed by atoms with van der Waals surface area (Å²) in [6, 6.07) is 0. The van der Waals surface area contributed by atoms with E-state index in [9.17, 15) is 13.0 Å². The van der Waals surface area contributed by atoms with Crippen molar-refractivity contribution >= 4 is 21.7 Å². The van der Waals surface area contributed by atoms with Gasteiger partial charge >= 0.3 is 29.6 Å². The molecule has 0 aromatic carbocycles. The molecular weight excluding hydrogens is 255 g/mol. The summed E-state index contributed by atoms with van der Waals surface area (Å²) in [6.07, 6.45) is 2.14. The fraction of sp³-hybridized carbons (Fsp3) is 0.333. The van der Waals surface area contributed by atoms with Crippen molar-refractivity contribution in [3.8, 4) is 0 Å². The molecule has 6 nitrogen and oxygen atoms in total. The van der Waals surface area contributed by atoms with Crippen LogP contribution in [0.3, 0.4) is 0 Å². The second-order valence-electron chi connectivity index (χ2n) is 2.51. The largest absolute Gasteiger partial charge is 1.00 e. The van der Waals surface area contributed by atoms with E-state index in [2.05, 4.69) is 9.97 Å². The van der Waals surface area contributed by atoms with Crippen LogP contribution in [0.5, 0.6) is 0 Å². The third kappa shape index (κ3) is 5.21. The first-order valence-corrected chi connectivity index (χ1v) is 5.34. The Hall–Kier alpha value is 0.240. The molecule has 0 bridgehead atoms. The van der Waals surface area contributed by atoms with Crippen LogP contribution >= 0.6 is 11.6 Å². The Morgan fingerprint density at radius 1 is 1.47 bits per heavy atom. The van der Waals surface area contributed by atoms with E-state index in [1.165, 1.54) is 12.4 Å². The van der Waals surface area contributed by atoms with Gasteiger partial charge in [0, 0.05) is 18.8 Å². The molecule has 0 saturated carbocycles. The van der Waals surface area contributed by atoms with Gasteiger partial charge in [0.25, 0.3) is 0 Å². The fourth-order valence-corrected chi connectivity index (χ4v) is 1.24. The molecular formula is C6H6ClN2NaO4S. The van der Waals surface area contributed by atoms with E-state index in [1.807, 2.05) is 0 Å². The molecule has 0 fully saturated rings. The van der Waals surface area contributed by atoms with E-state index in [-0.39, 0.29) is 41.3 Å². The van der Waals surface area contributed by atoms with Crippen LogP contribution in [0.1, 0.15) is 5.56 Å². The molecule has 9 heteroatoms. The Bertz CT molecular complexity index is 410. The third-order valence-corrected chi connectivity index (χ3v) is 2.45. The number of aliphatic hydroxyl groups is 1. The van der Waals surface area contributed by atoms with Gasteiger partial charge in [-0.3, -0.25) is 0 Å². The van der Waals surface area contributed by atoms with Gasteiger partial charge in [-0.2, -0.15) is 0 Å². The second kappa shape index (κ2) is 6.09. The molecule has 0 radical (unpaired) electrons. The van der Waals surface area contributed by atoms with Gasteiger partial charge in [-0.05, 0) is 17.2 Å². The maximum Gasteiger partial charge on any atom is 1.00 e. The average Bonchev–Trinajstić information content (AvgIpc) is 2.07. The number of hydrogen-bond donors (Lipinski definition) is 1. The Labute approximate surface area is 114 Å². The first kappa shape index (κ1) is 15.2. The van der Waals surface area contributed by atoms with Crippen molar-refractivity contribution < 1.29 is 47.6 Å². The van der Waals surface area contributed by atoms with Crippen LogP contribution in [-0.4, -0.2) is 33.5 Å². The molecule has 0 aliphatic carbocycles. The number of hydrogen-bond acceptors (Lipinski definition) is 6. The summed E-state index contributed by atoms with van der Waals surface area (Å²) in [5.74, 6) is 0. The molecule has 0 aliphatic rings. The minimum absolute atomic E-state index is 0. The van der Waals surface area contributed by atoms with Crippen molar-refractivity contribution in [1.82, 2.24) is 9.97 Å². The maximum atomic E-state index is 10.3. The van der Waals surface area contributed by atoms with Gasteiger partial charge in [-0.1, -0.05) is 0 Å². The first-order valence-electron chi connectivity index (χ1n) is 3.49. The summed E-state index contributed by atoms with van der Waals surface area (Å²) < 4.78 is 31.0. The van der Waals surface area contributed by atoms with Gasteiger partial charge in [0.15, 0.2) is 0 Å². The monoisotopic (exact) mass is 260 g/mol. The molecule has 0 spiro atoms. The van der Waals surface area contributed by atoms with Gasteiger partial charge in [0.1, 0.15) is 15.6 Å². The van der Waals surface area contributed by atoms with Crippen molar-refractivity contribution in [3.05, 3.63) is 23.2 Å². The van der Waals surface area contributed by atoms with Crippen molar-refractivity contribution in [3.63, 3.8) is 0 Å². The summed E-state index contributed by atoms with van der Waals surface area (Å²) in [6.45, 7) is 0. The van der Waals surface area contributed by atoms with Crippen LogP contribution < -0.4 is 29.6 Å². The molecule has 78 valence electrons. The van der Waals surface area contributed by atoms with Gasteiger partial charge in [0.05, 0.1) is 0 Å². The minimum atomic E-state index is -4.69. The Balaban J connectivity index is 0.00000196. The van der Waals surface area contributed by atoms with Crippen LogP contribution in [0.2, 0.25) is 5.28 Å². The quantitative estimate of drug-likeness (QED) is 0.344. The third-order valence-electron chi connectivity index (χ3n) is 1.42. The molecule has 1 atom stereocenters. The molecule has 0 amide bonds. The fourth-order valence-electron chi connectivity index (χ4n) is 0.748. The molecule has 0 saturated heterocycles. The van der Waals surface area contributed by atoms with Crippen LogP contribution in [0.4, 0.5) is 0 Å². The second-order valence-corrected chi connectivity index (χ2v) is 4.38. The predicted octanol–water partition coefficient (Wildman–Crippen LogP) is -3.46. The number of halogens is 1. The molecule has 15 heavy (non-hydrogen) atoms. The van der Waals surface area contributed by atoms with Crippen LogP contribution in [0.25, 0.3) is 0 Å². The van der Waals surface area contributed by atoms with E-state index in [1.54, 1.807) is 0 Å². The van der Waals surface area contributed by atoms with Crippen molar-refractivity contribution in [2.45, 2.75) is 11.9 Å². The molecule has 1 N–H and O–H groups in total. The van der Waals surface area contributed by atoms with E-state index in [4.69, 9.17) is 16.7 Å². The molecule has 1 heterocycles. The van der Waals surface area contributed by atoms with E-state index >= 15 is 0 Å². The maximum absolute atomic E-state index is 10.3. The standard InChI is InChI=1S/C6H7ClN2O4S.Na/c7-6-8-2-4(3-9-6)1-5(10)14(11,12)13;/h2-3,5,10H,1H2,(H,11,12,13);/q;+1/p-1. The SMILES string of the molecule is O=S(=O)([O-])C(O)Cc1cnc(Cl)nc1.[Na+]. The topological polar surface area (TPSA) is 103 Å². The average molecular weight is 261 g/mol. The van der Waals surface area contributed by atoms with E-state index in [0.717, 1.165) is 0 Å². The minimum Gasteiger partial charge on any atom is -0.746 e. The number of aromatic nitrogens is 2. The zero-order valence-corrected chi connectivity index (χ0v) is 11.4. The molecule has 1 unspecified atom stereocenters. The number of rotatable bonds is 3. The van der Waals surface area contributed by atoms with Crippen molar-refractivity contribution in [2.24, 2.45) is 0 Å². The van der Waals surface area contributed by atoms with E-state index in [0.29, 0.717) is 5.56 Å². The smallest absolute Gasteiger partial charge is 0.746 e. The summed E-state index contributed by atoms with van der Waals surface area (Å²) >= 11 is 5.37. The van der Waals surface area contributed by atoms with Crippen LogP contribution in [-0.2, 0) is 16.5 Å². The van der Waals surface area contributed by atoms with Crippen LogP contribution in [0, 0.1) is 0 Å². The van der Waals surface area contributed by atoms with Gasteiger partial charge in [-0.25, -0.2) is 18.4 Å². The first-order chi connectivity index (χ1) is 6.39. The predicted molar refractivity (Wildman–Crippen MR) is 46.5 cm³/mol. The summed E-state index contributed by atoms with van der Waals surface area (Å²) in [5.41, 5.74) is -1.66. The van der Waals surface area contributed by atoms with Gasteiger partial charge in [-0.15, -0.1) is 0 Å². The summed E-state index contributed by atoms with van der Waals surface area (Å²) in [7, 11) is -4.69. The Morgan fingerprint density at radius 3 is 2.33 bits per heavy atom. The zero-order valence-electron chi connectivity index (χ0n) is 7.79. The number of aliphatic hydroxyl groups excluding tert-OH is 1. The number of nitrogens with zero attached hydrogens (tertiary/aromatic N) is 2. The van der Waals surface area contributed by atoms with E-state index < -0.39 is 15.6 Å². The molecule has 1 aromatic heterocycles. The summed E-state index contributed by atoms with van der Waals surface area (Å²) in [5, 5.41) is 8.93. The molecule has 1 aromatic rings. The van der Waals surface area contributed by atoms with Crippen molar-refractivity contribution in [1.29, 1.82) is 0 Å². The van der Waals surface area contributed by atoms with Crippen LogP contribution in [0.15, 0.2) is 12.4 Å².